The third-order valence-corrected chi connectivity index (χ3v) is 5.06. The number of aryl methyl sites for hydroxylation is 1. The van der Waals surface area contributed by atoms with Crippen LogP contribution in [0, 0.1) is 5.82 Å². The number of aromatic nitrogens is 2. The number of carbonyl (C=O) groups excluding carboxylic acids is 1. The van der Waals surface area contributed by atoms with Gasteiger partial charge < -0.3 is 9.88 Å². The van der Waals surface area contributed by atoms with Crippen molar-refractivity contribution in [3.8, 4) is 0 Å². The van der Waals surface area contributed by atoms with Crippen molar-refractivity contribution >= 4 is 32.7 Å². The van der Waals surface area contributed by atoms with Gasteiger partial charge in [-0.3, -0.25) is 9.59 Å². The Kier molecular flexibility index (Phi) is 6.57. The average molecular weight is 446 g/mol. The first-order chi connectivity index (χ1) is 13.5. The second kappa shape index (κ2) is 9.10. The monoisotopic (exact) mass is 445 g/mol. The minimum Gasteiger partial charge on any atom is -0.339 e. The van der Waals surface area contributed by atoms with Crippen LogP contribution < -0.4 is 5.56 Å². The maximum atomic E-state index is 14.0. The summed E-state index contributed by atoms with van der Waals surface area (Å²) in [5.41, 5.74) is 0.949. The van der Waals surface area contributed by atoms with E-state index < -0.39 is 0 Å². The maximum Gasteiger partial charge on any atom is 0.258 e. The molecular weight excluding hydrogens is 425 g/mol. The smallest absolute Gasteiger partial charge is 0.258 e. The number of hydrogen-bond acceptors (Lipinski definition) is 3. The molecule has 0 aliphatic rings. The van der Waals surface area contributed by atoms with E-state index in [1.807, 2.05) is 13.0 Å². The number of hydrogen-bond donors (Lipinski definition) is 1. The second-order valence-electron chi connectivity index (χ2n) is 6.53. The number of para-hydroxylation sites is 1. The fourth-order valence-corrected chi connectivity index (χ4v) is 3.47. The number of benzene rings is 2. The number of amides is 1. The van der Waals surface area contributed by atoms with E-state index in [4.69, 9.17) is 0 Å². The van der Waals surface area contributed by atoms with Gasteiger partial charge in [-0.15, -0.1) is 0 Å². The van der Waals surface area contributed by atoms with Gasteiger partial charge in [-0.05, 0) is 43.7 Å². The lowest BCUT2D eigenvalue weighted by Gasteiger charge is -2.21. The van der Waals surface area contributed by atoms with Gasteiger partial charge in [0.1, 0.15) is 11.6 Å². The van der Waals surface area contributed by atoms with E-state index in [2.05, 4.69) is 25.9 Å². The number of carbonyl (C=O) groups is 1. The molecule has 1 heterocycles. The molecule has 0 saturated heterocycles. The molecule has 1 aromatic heterocycles. The number of aromatic amines is 1. The van der Waals surface area contributed by atoms with Crippen LogP contribution in [0.25, 0.3) is 10.9 Å². The Hall–Kier alpha value is -2.54. The SMILES string of the molecule is CCN(Cc1cc(Br)ccc1F)C(=O)CCCc1nc2ccccc2c(=O)[nH]1. The van der Waals surface area contributed by atoms with Gasteiger partial charge in [0.15, 0.2) is 0 Å². The van der Waals surface area contributed by atoms with Crippen molar-refractivity contribution in [2.45, 2.75) is 32.7 Å². The zero-order valence-corrected chi connectivity index (χ0v) is 17.1. The summed E-state index contributed by atoms with van der Waals surface area (Å²) in [5, 5.41) is 0.551. The summed E-state index contributed by atoms with van der Waals surface area (Å²) in [6, 6.07) is 11.9. The predicted molar refractivity (Wildman–Crippen MR) is 110 cm³/mol. The van der Waals surface area contributed by atoms with Crippen molar-refractivity contribution in [1.82, 2.24) is 14.9 Å². The topological polar surface area (TPSA) is 66.1 Å². The largest absolute Gasteiger partial charge is 0.339 e. The van der Waals surface area contributed by atoms with E-state index in [1.54, 1.807) is 35.2 Å². The first-order valence-electron chi connectivity index (χ1n) is 9.17. The highest BCUT2D eigenvalue weighted by atomic mass is 79.9. The summed E-state index contributed by atoms with van der Waals surface area (Å²) in [7, 11) is 0. The summed E-state index contributed by atoms with van der Waals surface area (Å²) in [4.78, 5) is 33.5. The van der Waals surface area contributed by atoms with E-state index in [0.717, 1.165) is 4.47 Å². The van der Waals surface area contributed by atoms with Crippen LogP contribution in [0.1, 0.15) is 31.2 Å². The summed E-state index contributed by atoms with van der Waals surface area (Å²) < 4.78 is 14.7. The van der Waals surface area contributed by atoms with Crippen LogP contribution in [-0.4, -0.2) is 27.3 Å². The Morgan fingerprint density at radius 3 is 2.82 bits per heavy atom. The molecule has 146 valence electrons. The molecule has 0 saturated carbocycles. The average Bonchev–Trinajstić information content (AvgIpc) is 2.68. The van der Waals surface area contributed by atoms with E-state index in [-0.39, 0.29) is 23.8 Å². The van der Waals surface area contributed by atoms with Gasteiger partial charge in [-0.1, -0.05) is 28.1 Å². The number of nitrogens with zero attached hydrogens (tertiary/aromatic N) is 2. The summed E-state index contributed by atoms with van der Waals surface area (Å²) in [5.74, 6) is 0.190. The molecule has 1 amide bonds. The number of halogens is 2. The van der Waals surface area contributed by atoms with Gasteiger partial charge in [-0.2, -0.15) is 0 Å². The molecule has 0 atom stereocenters. The standard InChI is InChI=1S/C21H21BrFN3O2/c1-2-26(13-14-12-15(22)10-11-17(14)23)20(27)9-5-8-19-24-18-7-4-3-6-16(18)21(28)25-19/h3-4,6-7,10-12H,2,5,8-9,13H2,1H3,(H,24,25,28). The van der Waals surface area contributed by atoms with Crippen LogP contribution in [0.3, 0.4) is 0 Å². The van der Waals surface area contributed by atoms with E-state index in [9.17, 15) is 14.0 Å². The lowest BCUT2D eigenvalue weighted by molar-refractivity contribution is -0.131. The van der Waals surface area contributed by atoms with Crippen molar-refractivity contribution in [1.29, 1.82) is 0 Å². The second-order valence-corrected chi connectivity index (χ2v) is 7.44. The molecule has 0 aliphatic carbocycles. The normalized spacial score (nSPS) is 11.0. The minimum absolute atomic E-state index is 0.0509. The van der Waals surface area contributed by atoms with Crippen molar-refractivity contribution in [3.63, 3.8) is 0 Å². The van der Waals surface area contributed by atoms with Crippen molar-refractivity contribution in [2.24, 2.45) is 0 Å². The first kappa shape index (κ1) is 20.2. The summed E-state index contributed by atoms with van der Waals surface area (Å²) in [6.45, 7) is 2.59. The third-order valence-electron chi connectivity index (χ3n) is 4.57. The highest BCUT2D eigenvalue weighted by molar-refractivity contribution is 9.10. The molecule has 0 spiro atoms. The van der Waals surface area contributed by atoms with Gasteiger partial charge >= 0.3 is 0 Å². The predicted octanol–water partition coefficient (Wildman–Crippen LogP) is 4.20. The number of fused-ring (bicyclic) bond motifs is 1. The molecule has 28 heavy (non-hydrogen) atoms. The molecule has 5 nitrogen and oxygen atoms in total. The molecule has 0 bridgehead atoms. The Morgan fingerprint density at radius 2 is 2.04 bits per heavy atom. The summed E-state index contributed by atoms with van der Waals surface area (Å²) >= 11 is 3.33. The molecule has 2 aromatic carbocycles. The van der Waals surface area contributed by atoms with Crippen LogP contribution in [0.5, 0.6) is 0 Å². The first-order valence-corrected chi connectivity index (χ1v) is 9.97. The highest BCUT2D eigenvalue weighted by Crippen LogP contribution is 2.18. The van der Waals surface area contributed by atoms with E-state index in [0.29, 0.717) is 48.1 Å². The van der Waals surface area contributed by atoms with Crippen LogP contribution >= 0.6 is 15.9 Å². The maximum absolute atomic E-state index is 14.0. The van der Waals surface area contributed by atoms with Crippen LogP contribution in [0.15, 0.2) is 51.7 Å². The van der Waals surface area contributed by atoms with Gasteiger partial charge in [0.25, 0.3) is 5.56 Å². The zero-order chi connectivity index (χ0) is 20.1. The van der Waals surface area contributed by atoms with Gasteiger partial charge in [-0.25, -0.2) is 9.37 Å². The molecule has 3 rings (SSSR count). The molecule has 0 radical (unpaired) electrons. The number of H-pyrrole nitrogens is 1. The zero-order valence-electron chi connectivity index (χ0n) is 15.5. The lowest BCUT2D eigenvalue weighted by Crippen LogP contribution is -2.30. The van der Waals surface area contributed by atoms with Crippen LogP contribution in [-0.2, 0) is 17.8 Å². The Bertz CT molecular complexity index is 1050. The Labute approximate surface area is 170 Å². The van der Waals surface area contributed by atoms with E-state index in [1.165, 1.54) is 6.07 Å². The third kappa shape index (κ3) is 4.84. The molecular formula is C21H21BrFN3O2. The van der Waals surface area contributed by atoms with Gasteiger partial charge in [0, 0.05) is 36.0 Å². The molecule has 0 unspecified atom stereocenters. The Morgan fingerprint density at radius 1 is 1.25 bits per heavy atom. The van der Waals surface area contributed by atoms with Crippen molar-refractivity contribution in [3.05, 3.63) is 74.5 Å². The molecule has 0 aliphatic heterocycles. The van der Waals surface area contributed by atoms with Crippen molar-refractivity contribution < 1.29 is 9.18 Å². The molecule has 1 N–H and O–H groups in total. The molecule has 0 fully saturated rings. The van der Waals surface area contributed by atoms with Crippen LogP contribution in [0.4, 0.5) is 4.39 Å². The van der Waals surface area contributed by atoms with E-state index >= 15 is 0 Å². The summed E-state index contributed by atoms with van der Waals surface area (Å²) in [6.07, 6.45) is 1.35. The minimum atomic E-state index is -0.326. The Balaban J connectivity index is 1.61. The number of nitrogens with one attached hydrogen (secondary N) is 1. The fraction of sp³-hybridized carbons (Fsp3) is 0.286. The molecule has 3 aromatic rings. The van der Waals surface area contributed by atoms with Gasteiger partial charge in [0.05, 0.1) is 10.9 Å². The number of rotatable bonds is 7. The lowest BCUT2D eigenvalue weighted by atomic mass is 10.1. The quantitative estimate of drug-likeness (QED) is 0.592. The highest BCUT2D eigenvalue weighted by Gasteiger charge is 2.15. The molecule has 7 heteroatoms. The van der Waals surface area contributed by atoms with Crippen molar-refractivity contribution in [2.75, 3.05) is 6.54 Å². The fourth-order valence-electron chi connectivity index (χ4n) is 3.06. The van der Waals surface area contributed by atoms with Crippen LogP contribution in [0.2, 0.25) is 0 Å². The van der Waals surface area contributed by atoms with Gasteiger partial charge in [0.2, 0.25) is 5.91 Å².